The van der Waals surface area contributed by atoms with Crippen LogP contribution < -0.4 is 4.58 Å². The van der Waals surface area contributed by atoms with Crippen LogP contribution >= 0.6 is 0 Å². The van der Waals surface area contributed by atoms with Gasteiger partial charge in [0.25, 0.3) is 11.4 Å². The van der Waals surface area contributed by atoms with Crippen molar-refractivity contribution >= 4 is 56.3 Å². The van der Waals surface area contributed by atoms with Crippen molar-refractivity contribution < 1.29 is 19.7 Å². The molecule has 4 aromatic carbocycles. The van der Waals surface area contributed by atoms with E-state index in [1.807, 2.05) is 71.5 Å². The van der Waals surface area contributed by atoms with E-state index in [0.717, 1.165) is 22.2 Å². The second-order valence-corrected chi connectivity index (χ2v) is 10.6. The maximum Gasteiger partial charge on any atom is 0.269 e. The van der Waals surface area contributed by atoms with Gasteiger partial charge in [0.05, 0.1) is 37.6 Å². The summed E-state index contributed by atoms with van der Waals surface area (Å²) in [5.41, 5.74) is 6.70. The van der Waals surface area contributed by atoms with Gasteiger partial charge in [0, 0.05) is 71.7 Å². The Hall–Kier alpha value is -6.16. The van der Waals surface area contributed by atoms with Crippen LogP contribution in [0.15, 0.2) is 108 Å². The normalized spacial score (nSPS) is 16.0. The molecule has 0 fully saturated rings. The molecule has 0 radical (unpaired) electrons. The summed E-state index contributed by atoms with van der Waals surface area (Å²) in [6.07, 6.45) is 0. The van der Waals surface area contributed by atoms with E-state index in [4.69, 9.17) is 0 Å². The van der Waals surface area contributed by atoms with Crippen LogP contribution in [0.1, 0.15) is 23.7 Å². The topological polar surface area (TPSA) is 132 Å². The Morgan fingerprint density at radius 3 is 1.95 bits per heavy atom. The minimum atomic E-state index is -0.455. The van der Waals surface area contributed by atoms with E-state index < -0.39 is 9.85 Å². The SMILES string of the molecule is CC1=[N+](c2ccc([N+](=O)[O-])cc2)c2ccccc2/C1=C1/C(=O)C(c2c(C)n(-c3ccc([N+](=O)[O-])cc3)c3ccccc23)=C1O. The van der Waals surface area contributed by atoms with Gasteiger partial charge in [-0.1, -0.05) is 30.3 Å². The largest absolute Gasteiger partial charge is 0.506 e. The molecule has 0 saturated heterocycles. The molecule has 1 aromatic heterocycles. The minimum Gasteiger partial charge on any atom is -0.506 e. The Labute approximate surface area is 250 Å². The van der Waals surface area contributed by atoms with Crippen molar-refractivity contribution in [2.75, 3.05) is 0 Å². The summed E-state index contributed by atoms with van der Waals surface area (Å²) >= 11 is 0. The highest BCUT2D eigenvalue weighted by atomic mass is 16.6. The average molecular weight is 584 g/mol. The number of ketones is 1. The third-order valence-corrected chi connectivity index (χ3v) is 8.29. The number of carbonyl (C=O) groups is 1. The standard InChI is InChI=1S/C34H22N4O6/c1-19-29(25-7-3-5-9-27(25)35(19)21-11-15-23(16-12-21)37(41)42)31-33(39)32(34(31)40)30-20(2)36(28-10-6-4-8-26(28)30)22-13-17-24(18-14-22)38(43)44/h3-18H,1-2H3/p+1. The molecule has 10 nitrogen and oxygen atoms in total. The number of hydrogen-bond donors (Lipinski definition) is 1. The number of nitrogens with zero attached hydrogens (tertiary/aromatic N) is 4. The third-order valence-electron chi connectivity index (χ3n) is 8.29. The lowest BCUT2D eigenvalue weighted by atomic mass is 9.78. The number of para-hydroxylation sites is 2. The molecule has 0 unspecified atom stereocenters. The first-order valence-electron chi connectivity index (χ1n) is 13.7. The number of Topliss-reactive ketones (excluding diaryl/α,β-unsaturated/α-hetero) is 1. The van der Waals surface area contributed by atoms with E-state index in [1.54, 1.807) is 24.3 Å². The Bertz CT molecular complexity index is 2200. The Kier molecular flexibility index (Phi) is 5.89. The molecule has 214 valence electrons. The second-order valence-electron chi connectivity index (χ2n) is 10.6. The van der Waals surface area contributed by atoms with E-state index in [1.165, 1.54) is 24.3 Å². The number of allylic oxidation sites excluding steroid dienone is 3. The molecule has 1 aliphatic heterocycles. The van der Waals surface area contributed by atoms with Crippen LogP contribution in [-0.2, 0) is 4.79 Å². The van der Waals surface area contributed by atoms with Crippen LogP contribution in [0.3, 0.4) is 0 Å². The fourth-order valence-electron chi connectivity index (χ4n) is 6.34. The number of aliphatic hydroxyl groups excluding tert-OH is 1. The Morgan fingerprint density at radius 2 is 1.32 bits per heavy atom. The molecule has 0 atom stereocenters. The zero-order valence-corrected chi connectivity index (χ0v) is 23.5. The summed E-state index contributed by atoms with van der Waals surface area (Å²) < 4.78 is 3.84. The quantitative estimate of drug-likeness (QED) is 0.0994. The molecule has 1 aliphatic carbocycles. The first kappa shape index (κ1) is 26.7. The van der Waals surface area contributed by atoms with Crippen molar-refractivity contribution in [1.82, 2.24) is 9.14 Å². The molecule has 44 heavy (non-hydrogen) atoms. The molecule has 10 heteroatoms. The van der Waals surface area contributed by atoms with Gasteiger partial charge in [-0.25, -0.2) is 0 Å². The molecular weight excluding hydrogens is 560 g/mol. The summed E-state index contributed by atoms with van der Waals surface area (Å²) in [5, 5.41) is 34.8. The fourth-order valence-corrected chi connectivity index (χ4v) is 6.34. The van der Waals surface area contributed by atoms with Crippen LogP contribution in [0.5, 0.6) is 0 Å². The van der Waals surface area contributed by atoms with Gasteiger partial charge in [-0.3, -0.25) is 25.0 Å². The summed E-state index contributed by atoms with van der Waals surface area (Å²) in [6, 6.07) is 27.4. The predicted octanol–water partition coefficient (Wildman–Crippen LogP) is 7.37. The smallest absolute Gasteiger partial charge is 0.269 e. The number of aromatic nitrogens is 1. The number of rotatable bonds is 5. The van der Waals surface area contributed by atoms with Gasteiger partial charge in [0.2, 0.25) is 17.2 Å². The number of benzene rings is 4. The van der Waals surface area contributed by atoms with Gasteiger partial charge >= 0.3 is 0 Å². The van der Waals surface area contributed by atoms with Gasteiger partial charge in [0.15, 0.2) is 5.71 Å². The van der Waals surface area contributed by atoms with Crippen molar-refractivity contribution in [1.29, 1.82) is 0 Å². The summed E-state index contributed by atoms with van der Waals surface area (Å²) in [6.45, 7) is 3.71. The molecule has 5 aromatic rings. The average Bonchev–Trinajstić information content (AvgIpc) is 3.47. The zero-order chi connectivity index (χ0) is 30.9. The number of carbonyl (C=O) groups excluding carboxylic acids is 1. The van der Waals surface area contributed by atoms with Crippen LogP contribution in [-0.4, -0.2) is 31.0 Å². The van der Waals surface area contributed by atoms with Crippen LogP contribution in [0.4, 0.5) is 22.7 Å². The number of nitro benzene ring substituents is 2. The maximum atomic E-state index is 14.1. The lowest BCUT2D eigenvalue weighted by Gasteiger charge is -2.23. The van der Waals surface area contributed by atoms with Gasteiger partial charge < -0.3 is 9.67 Å². The number of non-ortho nitro benzene ring substituents is 2. The fraction of sp³-hybridized carbons (Fsp3) is 0.0588. The highest BCUT2D eigenvalue weighted by Crippen LogP contribution is 2.48. The van der Waals surface area contributed by atoms with E-state index in [9.17, 15) is 30.1 Å². The highest BCUT2D eigenvalue weighted by molar-refractivity contribution is 6.48. The maximum absolute atomic E-state index is 14.1. The van der Waals surface area contributed by atoms with Crippen molar-refractivity contribution in [3.63, 3.8) is 0 Å². The van der Waals surface area contributed by atoms with E-state index in [2.05, 4.69) is 0 Å². The Morgan fingerprint density at radius 1 is 0.727 bits per heavy atom. The Balaban J connectivity index is 1.41. The van der Waals surface area contributed by atoms with Gasteiger partial charge in [-0.05, 0) is 31.2 Å². The van der Waals surface area contributed by atoms with Crippen LogP contribution in [0.2, 0.25) is 0 Å². The van der Waals surface area contributed by atoms with E-state index in [-0.39, 0.29) is 34.1 Å². The molecule has 2 aliphatic rings. The molecule has 1 N–H and O–H groups in total. The summed E-state index contributed by atoms with van der Waals surface area (Å²) in [7, 11) is 0. The lowest BCUT2D eigenvalue weighted by Crippen LogP contribution is -2.24. The van der Waals surface area contributed by atoms with Gasteiger partial charge in [0.1, 0.15) is 5.76 Å². The van der Waals surface area contributed by atoms with Crippen LogP contribution in [0, 0.1) is 27.2 Å². The van der Waals surface area contributed by atoms with Crippen molar-refractivity contribution in [3.8, 4) is 5.69 Å². The second kappa shape index (κ2) is 9.70. The van der Waals surface area contributed by atoms with Gasteiger partial charge in [-0.15, -0.1) is 0 Å². The number of nitro groups is 2. The van der Waals surface area contributed by atoms with E-state index >= 15 is 0 Å². The first-order valence-corrected chi connectivity index (χ1v) is 13.7. The van der Waals surface area contributed by atoms with E-state index in [0.29, 0.717) is 33.9 Å². The molecule has 0 spiro atoms. The zero-order valence-electron chi connectivity index (χ0n) is 23.5. The van der Waals surface area contributed by atoms with Crippen molar-refractivity contribution in [2.45, 2.75) is 13.8 Å². The summed E-state index contributed by atoms with van der Waals surface area (Å²) in [5.74, 6) is -0.411. The third kappa shape index (κ3) is 3.74. The molecule has 0 bridgehead atoms. The molecule has 7 rings (SSSR count). The highest BCUT2D eigenvalue weighted by Gasteiger charge is 2.45. The number of aliphatic hydroxyl groups is 1. The van der Waals surface area contributed by atoms with Crippen molar-refractivity contribution in [3.05, 3.63) is 145 Å². The monoisotopic (exact) mass is 583 g/mol. The minimum absolute atomic E-state index is 0.0277. The molecule has 2 heterocycles. The predicted molar refractivity (Wildman–Crippen MR) is 168 cm³/mol. The lowest BCUT2D eigenvalue weighted by molar-refractivity contribution is -0.385. The number of hydrogen-bond acceptors (Lipinski definition) is 6. The molecule has 0 saturated carbocycles. The van der Waals surface area contributed by atoms with Gasteiger partial charge in [-0.2, -0.15) is 4.58 Å². The van der Waals surface area contributed by atoms with Crippen molar-refractivity contribution in [2.24, 2.45) is 0 Å². The number of fused-ring (bicyclic) bond motifs is 2. The molecule has 0 amide bonds. The molecular formula is C34H23N4O6+. The van der Waals surface area contributed by atoms with Crippen LogP contribution in [0.25, 0.3) is 27.7 Å². The first-order chi connectivity index (χ1) is 21.2. The summed E-state index contributed by atoms with van der Waals surface area (Å²) in [4.78, 5) is 35.6.